The summed E-state index contributed by atoms with van der Waals surface area (Å²) in [5.74, 6) is -0.949. The molecule has 0 heterocycles. The molecule has 0 aliphatic carbocycles. The van der Waals surface area contributed by atoms with E-state index >= 15 is 0 Å². The van der Waals surface area contributed by atoms with Crippen molar-refractivity contribution in [3.8, 4) is 0 Å². The zero-order valence-electron chi connectivity index (χ0n) is 12.5. The molecule has 23 heavy (non-hydrogen) atoms. The van der Waals surface area contributed by atoms with Gasteiger partial charge in [0, 0.05) is 12.1 Å². The van der Waals surface area contributed by atoms with E-state index in [-0.39, 0.29) is 30.4 Å². The number of hydrogen-bond acceptors (Lipinski definition) is 3. The standard InChI is InChI=1S/C14H18F3N3O2.ClH/c1-18-7-2-8-19-12(21)9-20-13(22)10-3-5-11(6-4-10)14(15,16)17;/h3-6,18H,2,7-9H2,1H3,(H,19,21)(H,20,22);1H. The lowest BCUT2D eigenvalue weighted by Gasteiger charge is -2.09. The number of carbonyl (C=O) groups excluding carboxylic acids is 2. The Labute approximate surface area is 138 Å². The minimum absolute atomic E-state index is 0. The van der Waals surface area contributed by atoms with Crippen molar-refractivity contribution in [2.45, 2.75) is 12.6 Å². The van der Waals surface area contributed by atoms with Gasteiger partial charge in [-0.2, -0.15) is 13.2 Å². The van der Waals surface area contributed by atoms with Crippen molar-refractivity contribution < 1.29 is 22.8 Å². The molecule has 0 radical (unpaired) electrons. The Morgan fingerprint density at radius 3 is 2.17 bits per heavy atom. The highest BCUT2D eigenvalue weighted by Crippen LogP contribution is 2.28. The minimum Gasteiger partial charge on any atom is -0.355 e. The van der Waals surface area contributed by atoms with Gasteiger partial charge in [-0.3, -0.25) is 9.59 Å². The lowest BCUT2D eigenvalue weighted by Crippen LogP contribution is -2.37. The monoisotopic (exact) mass is 353 g/mol. The third kappa shape index (κ3) is 7.85. The molecular weight excluding hydrogens is 335 g/mol. The summed E-state index contributed by atoms with van der Waals surface area (Å²) in [5.41, 5.74) is -0.762. The zero-order valence-corrected chi connectivity index (χ0v) is 13.3. The van der Waals surface area contributed by atoms with Gasteiger partial charge in [0.15, 0.2) is 0 Å². The predicted molar refractivity (Wildman–Crippen MR) is 82.6 cm³/mol. The first-order chi connectivity index (χ1) is 10.3. The van der Waals surface area contributed by atoms with Crippen LogP contribution in [0.15, 0.2) is 24.3 Å². The summed E-state index contributed by atoms with van der Waals surface area (Å²) in [4.78, 5) is 23.1. The molecule has 0 saturated heterocycles. The van der Waals surface area contributed by atoms with Crippen molar-refractivity contribution in [2.24, 2.45) is 0 Å². The molecule has 130 valence electrons. The van der Waals surface area contributed by atoms with Crippen LogP contribution in [0.1, 0.15) is 22.3 Å². The van der Waals surface area contributed by atoms with Crippen molar-refractivity contribution >= 4 is 24.2 Å². The van der Waals surface area contributed by atoms with Crippen molar-refractivity contribution in [3.63, 3.8) is 0 Å². The predicted octanol–water partition coefficient (Wildman–Crippen LogP) is 1.58. The maximum Gasteiger partial charge on any atom is 0.416 e. The van der Waals surface area contributed by atoms with Crippen LogP contribution in [0.2, 0.25) is 0 Å². The third-order valence-electron chi connectivity index (χ3n) is 2.81. The molecule has 1 aromatic carbocycles. The molecule has 2 amide bonds. The van der Waals surface area contributed by atoms with Gasteiger partial charge >= 0.3 is 6.18 Å². The lowest BCUT2D eigenvalue weighted by atomic mass is 10.1. The average molecular weight is 354 g/mol. The first-order valence-corrected chi connectivity index (χ1v) is 6.71. The smallest absolute Gasteiger partial charge is 0.355 e. The Bertz CT molecular complexity index is 507. The van der Waals surface area contributed by atoms with Crippen molar-refractivity contribution in [1.82, 2.24) is 16.0 Å². The fourth-order valence-corrected chi connectivity index (χ4v) is 1.63. The molecule has 1 aromatic rings. The lowest BCUT2D eigenvalue weighted by molar-refractivity contribution is -0.137. The van der Waals surface area contributed by atoms with E-state index in [1.54, 1.807) is 7.05 Å². The van der Waals surface area contributed by atoms with Gasteiger partial charge < -0.3 is 16.0 Å². The number of carbonyl (C=O) groups is 2. The van der Waals surface area contributed by atoms with E-state index in [0.717, 1.165) is 37.2 Å². The highest BCUT2D eigenvalue weighted by molar-refractivity contribution is 5.96. The van der Waals surface area contributed by atoms with Crippen molar-refractivity contribution in [2.75, 3.05) is 26.7 Å². The molecule has 0 spiro atoms. The molecule has 0 aromatic heterocycles. The fourth-order valence-electron chi connectivity index (χ4n) is 1.63. The Morgan fingerprint density at radius 2 is 1.65 bits per heavy atom. The summed E-state index contributed by atoms with van der Waals surface area (Å²) in [7, 11) is 1.80. The maximum atomic E-state index is 12.4. The van der Waals surface area contributed by atoms with Gasteiger partial charge in [-0.15, -0.1) is 12.4 Å². The zero-order chi connectivity index (χ0) is 16.6. The van der Waals surface area contributed by atoms with E-state index in [1.807, 2.05) is 0 Å². The summed E-state index contributed by atoms with van der Waals surface area (Å²) in [5, 5.41) is 7.89. The van der Waals surface area contributed by atoms with Crippen LogP contribution in [0.3, 0.4) is 0 Å². The Balaban J connectivity index is 0.00000484. The molecule has 0 aliphatic rings. The molecule has 3 N–H and O–H groups in total. The van der Waals surface area contributed by atoms with Crippen LogP contribution >= 0.6 is 12.4 Å². The third-order valence-corrected chi connectivity index (χ3v) is 2.81. The highest BCUT2D eigenvalue weighted by atomic mass is 35.5. The molecule has 0 unspecified atom stereocenters. The molecule has 0 aliphatic heterocycles. The molecular formula is C14H19ClF3N3O2. The number of hydrogen-bond donors (Lipinski definition) is 3. The van der Waals surface area contributed by atoms with Gasteiger partial charge in [-0.25, -0.2) is 0 Å². The number of nitrogens with one attached hydrogen (secondary N) is 3. The SMILES string of the molecule is CNCCCNC(=O)CNC(=O)c1ccc(C(F)(F)F)cc1.Cl. The van der Waals surface area contributed by atoms with Gasteiger partial charge in [-0.1, -0.05) is 0 Å². The van der Waals surface area contributed by atoms with Gasteiger partial charge in [0.2, 0.25) is 5.91 Å². The summed E-state index contributed by atoms with van der Waals surface area (Å²) in [6.07, 6.45) is -3.68. The van der Waals surface area contributed by atoms with Gasteiger partial charge in [0.1, 0.15) is 0 Å². The first kappa shape index (κ1) is 21.2. The number of alkyl halides is 3. The number of halogens is 4. The number of rotatable bonds is 7. The van der Waals surface area contributed by atoms with Crippen molar-refractivity contribution in [1.29, 1.82) is 0 Å². The average Bonchev–Trinajstić information content (AvgIpc) is 2.48. The Morgan fingerprint density at radius 1 is 1.04 bits per heavy atom. The van der Waals surface area contributed by atoms with E-state index in [4.69, 9.17) is 0 Å². The van der Waals surface area contributed by atoms with Crippen LogP contribution in [0.4, 0.5) is 13.2 Å². The fraction of sp³-hybridized carbons (Fsp3) is 0.429. The number of amides is 2. The van der Waals surface area contributed by atoms with Crippen LogP contribution in [0, 0.1) is 0 Å². The molecule has 0 atom stereocenters. The van der Waals surface area contributed by atoms with Gasteiger partial charge in [0.25, 0.3) is 5.91 Å². The Hall–Kier alpha value is -1.80. The van der Waals surface area contributed by atoms with E-state index in [0.29, 0.717) is 6.54 Å². The van der Waals surface area contributed by atoms with E-state index in [2.05, 4.69) is 16.0 Å². The molecule has 0 fully saturated rings. The number of benzene rings is 1. The van der Waals surface area contributed by atoms with Crippen LogP contribution < -0.4 is 16.0 Å². The normalized spacial score (nSPS) is 10.6. The maximum absolute atomic E-state index is 12.4. The molecule has 1 rings (SSSR count). The first-order valence-electron chi connectivity index (χ1n) is 6.71. The topological polar surface area (TPSA) is 70.2 Å². The van der Waals surface area contributed by atoms with Crippen molar-refractivity contribution in [3.05, 3.63) is 35.4 Å². The molecule has 0 saturated carbocycles. The largest absolute Gasteiger partial charge is 0.416 e. The summed E-state index contributed by atoms with van der Waals surface area (Å²) >= 11 is 0. The summed E-state index contributed by atoms with van der Waals surface area (Å²) in [6, 6.07) is 3.80. The van der Waals surface area contributed by atoms with Gasteiger partial charge in [-0.05, 0) is 44.3 Å². The van der Waals surface area contributed by atoms with Crippen LogP contribution in [-0.4, -0.2) is 38.5 Å². The molecule has 9 heteroatoms. The highest BCUT2D eigenvalue weighted by Gasteiger charge is 2.30. The van der Waals surface area contributed by atoms with Crippen LogP contribution in [-0.2, 0) is 11.0 Å². The van der Waals surface area contributed by atoms with Crippen LogP contribution in [0.25, 0.3) is 0 Å². The quantitative estimate of drug-likeness (QED) is 0.652. The second kappa shape index (κ2) is 10.1. The van der Waals surface area contributed by atoms with Gasteiger partial charge in [0.05, 0.1) is 12.1 Å². The molecule has 5 nitrogen and oxygen atoms in total. The van der Waals surface area contributed by atoms with E-state index in [1.165, 1.54) is 0 Å². The Kier molecular flexibility index (Phi) is 9.28. The second-order valence-electron chi connectivity index (χ2n) is 4.56. The van der Waals surface area contributed by atoms with E-state index < -0.39 is 17.6 Å². The summed E-state index contributed by atoms with van der Waals surface area (Å²) < 4.78 is 37.2. The second-order valence-corrected chi connectivity index (χ2v) is 4.56. The van der Waals surface area contributed by atoms with Crippen LogP contribution in [0.5, 0.6) is 0 Å². The van der Waals surface area contributed by atoms with E-state index in [9.17, 15) is 22.8 Å². The minimum atomic E-state index is -4.44. The molecule has 0 bridgehead atoms. The summed E-state index contributed by atoms with van der Waals surface area (Å²) in [6.45, 7) is 1.02.